The van der Waals surface area contributed by atoms with Crippen molar-refractivity contribution in [2.45, 2.75) is 27.7 Å². The second kappa shape index (κ2) is 21.3. The monoisotopic (exact) mass is 256 g/mol. The Balaban J connectivity index is -0.000000249. The average Bonchev–Trinajstić information content (AvgIpc) is 2.46. The van der Waals surface area contributed by atoms with E-state index in [-0.39, 0.29) is 0 Å². The highest BCUT2D eigenvalue weighted by Crippen LogP contribution is 1.90. The molecular weight excluding hydrogens is 228 g/mol. The predicted octanol–water partition coefficient (Wildman–Crippen LogP) is 6.35. The molecule has 0 bridgehead atoms. The third-order valence-corrected chi connectivity index (χ3v) is 1.66. The fourth-order valence-electron chi connectivity index (χ4n) is 0.627. The van der Waals surface area contributed by atoms with Crippen LogP contribution in [0.5, 0.6) is 0 Å². The third-order valence-electron chi connectivity index (χ3n) is 1.66. The van der Waals surface area contributed by atoms with E-state index in [1.54, 1.807) is 24.3 Å². The molecule has 0 fully saturated rings. The molecule has 0 unspecified atom stereocenters. The Hall–Kier alpha value is -2.04. The zero-order chi connectivity index (χ0) is 15.5. The molecule has 19 heavy (non-hydrogen) atoms. The van der Waals surface area contributed by atoms with Crippen molar-refractivity contribution < 1.29 is 0 Å². The molecule has 0 aliphatic rings. The summed E-state index contributed by atoms with van der Waals surface area (Å²) in [5.74, 6) is 0. The number of hydrogen-bond acceptors (Lipinski definition) is 0. The predicted molar refractivity (Wildman–Crippen MR) is 92.3 cm³/mol. The maximum absolute atomic E-state index is 3.60. The largest absolute Gasteiger partial charge is 0.118 e. The van der Waals surface area contributed by atoms with E-state index >= 15 is 0 Å². The molecule has 0 nitrogen and oxygen atoms in total. The van der Waals surface area contributed by atoms with E-state index in [1.165, 1.54) is 0 Å². The van der Waals surface area contributed by atoms with Gasteiger partial charge >= 0.3 is 0 Å². The number of rotatable bonds is 5. The molecule has 104 valence electrons. The van der Waals surface area contributed by atoms with E-state index in [0.29, 0.717) is 0 Å². The lowest BCUT2D eigenvalue weighted by Crippen LogP contribution is -1.58. The van der Waals surface area contributed by atoms with Gasteiger partial charge in [-0.05, 0) is 25.5 Å². The summed E-state index contributed by atoms with van der Waals surface area (Å²) < 4.78 is 0. The summed E-state index contributed by atoms with van der Waals surface area (Å²) in [4.78, 5) is 0. The second-order valence-corrected chi connectivity index (χ2v) is 3.17. The lowest BCUT2D eigenvalue weighted by atomic mass is 10.3. The van der Waals surface area contributed by atoms with Crippen LogP contribution in [0, 0.1) is 0 Å². The molecule has 0 aliphatic heterocycles. The minimum Gasteiger partial charge on any atom is -0.118 e. The molecule has 0 N–H and O–H groups in total. The zero-order valence-corrected chi connectivity index (χ0v) is 12.9. The highest BCUT2D eigenvalue weighted by atomic mass is 13.8. The van der Waals surface area contributed by atoms with E-state index < -0.39 is 0 Å². The van der Waals surface area contributed by atoms with Crippen molar-refractivity contribution in [1.29, 1.82) is 0 Å². The Kier molecular flexibility index (Phi) is 24.8. The van der Waals surface area contributed by atoms with Crippen LogP contribution in [0.4, 0.5) is 0 Å². The Morgan fingerprint density at radius 1 is 0.842 bits per heavy atom. The van der Waals surface area contributed by atoms with Gasteiger partial charge < -0.3 is 0 Å². The minimum absolute atomic E-state index is 1.04. The van der Waals surface area contributed by atoms with Crippen molar-refractivity contribution >= 4 is 0 Å². The minimum atomic E-state index is 1.04. The van der Waals surface area contributed by atoms with Gasteiger partial charge in [0.25, 0.3) is 0 Å². The van der Waals surface area contributed by atoms with Crippen LogP contribution in [0.3, 0.4) is 0 Å². The number of hydrogen-bond donors (Lipinski definition) is 0. The molecule has 0 heterocycles. The van der Waals surface area contributed by atoms with E-state index in [4.69, 9.17) is 0 Å². The van der Waals surface area contributed by atoms with Crippen molar-refractivity contribution in [3.8, 4) is 0 Å². The summed E-state index contributed by atoms with van der Waals surface area (Å²) in [7, 11) is 0. The lowest BCUT2D eigenvalue weighted by Gasteiger charge is -1.80. The zero-order valence-electron chi connectivity index (χ0n) is 12.9. The van der Waals surface area contributed by atoms with Crippen molar-refractivity contribution in [3.63, 3.8) is 0 Å². The molecule has 0 radical (unpaired) electrons. The standard InChI is InChI=1S/C10H12.C7H10.C2H6/c1-4-6-7-8-9-10(3)5-2;1-4-6-7(3)5-2;1-2/h4-8H,1-2H2,3H3;4-6H,1-2H2,3H3;1-2H3/b7-6+;7-6-;. The van der Waals surface area contributed by atoms with Crippen molar-refractivity contribution in [1.82, 2.24) is 0 Å². The maximum Gasteiger partial charge on any atom is -0.00973 e. The van der Waals surface area contributed by atoms with Gasteiger partial charge in [-0.3, -0.25) is 0 Å². The summed E-state index contributed by atoms with van der Waals surface area (Å²) in [6.45, 7) is 22.1. The van der Waals surface area contributed by atoms with Crippen molar-refractivity contribution in [2.24, 2.45) is 0 Å². The Labute approximate surface area is 120 Å². The van der Waals surface area contributed by atoms with Crippen LogP contribution in [-0.2, 0) is 0 Å². The van der Waals surface area contributed by atoms with Gasteiger partial charge in [0.2, 0.25) is 0 Å². The van der Waals surface area contributed by atoms with Crippen molar-refractivity contribution in [2.75, 3.05) is 0 Å². The van der Waals surface area contributed by atoms with Gasteiger partial charge in [0.1, 0.15) is 0 Å². The SMILES string of the molecule is C=C/C=C(/C)C=C.C=C/C=C/C=C=C(C)C=C.CC. The molecular formula is C19H28. The fourth-order valence-corrected chi connectivity index (χ4v) is 0.627. The third kappa shape index (κ3) is 25.9. The van der Waals surface area contributed by atoms with E-state index in [1.807, 2.05) is 52.0 Å². The first kappa shape index (κ1) is 22.2. The maximum atomic E-state index is 3.60. The average molecular weight is 256 g/mol. The van der Waals surface area contributed by atoms with E-state index in [2.05, 4.69) is 32.0 Å². The molecule has 0 aromatic rings. The summed E-state index contributed by atoms with van der Waals surface area (Å²) in [5.41, 5.74) is 5.19. The molecule has 0 spiro atoms. The van der Waals surface area contributed by atoms with Crippen molar-refractivity contribution in [3.05, 3.63) is 91.8 Å². The lowest BCUT2D eigenvalue weighted by molar-refractivity contribution is 1.50. The Bertz CT molecular complexity index is 367. The van der Waals surface area contributed by atoms with Gasteiger partial charge in [0.05, 0.1) is 0 Å². The van der Waals surface area contributed by atoms with Gasteiger partial charge in [-0.2, -0.15) is 0 Å². The Morgan fingerprint density at radius 2 is 1.42 bits per heavy atom. The topological polar surface area (TPSA) is 0 Å². The first-order chi connectivity index (χ1) is 9.12. The van der Waals surface area contributed by atoms with Gasteiger partial charge in [-0.15, -0.1) is 5.73 Å². The molecule has 0 saturated carbocycles. The highest BCUT2D eigenvalue weighted by Gasteiger charge is 1.69. The molecule has 0 amide bonds. The van der Waals surface area contributed by atoms with Gasteiger partial charge in [0.15, 0.2) is 0 Å². The molecule has 0 aliphatic carbocycles. The van der Waals surface area contributed by atoms with Crippen LogP contribution in [0.1, 0.15) is 27.7 Å². The summed E-state index contributed by atoms with van der Waals surface area (Å²) in [6, 6.07) is 0. The van der Waals surface area contributed by atoms with Crippen LogP contribution in [0.25, 0.3) is 0 Å². The normalized spacial score (nSPS) is 8.74. The first-order valence-corrected chi connectivity index (χ1v) is 6.37. The van der Waals surface area contributed by atoms with Crippen LogP contribution in [0.2, 0.25) is 0 Å². The summed E-state index contributed by atoms with van der Waals surface area (Å²) in [6.07, 6.45) is 14.5. The highest BCUT2D eigenvalue weighted by molar-refractivity contribution is 5.18. The fraction of sp³-hybridized carbons (Fsp3) is 0.211. The molecule has 0 aromatic heterocycles. The second-order valence-electron chi connectivity index (χ2n) is 3.17. The first-order valence-electron chi connectivity index (χ1n) is 6.37. The molecule has 0 rings (SSSR count). The van der Waals surface area contributed by atoms with Gasteiger partial charge in [0, 0.05) is 0 Å². The smallest absolute Gasteiger partial charge is 0.00973 e. The van der Waals surface area contributed by atoms with E-state index in [0.717, 1.165) is 11.1 Å². The van der Waals surface area contributed by atoms with Crippen LogP contribution >= 0.6 is 0 Å². The molecule has 0 saturated heterocycles. The molecule has 0 heteroatoms. The van der Waals surface area contributed by atoms with Gasteiger partial charge in [-0.25, -0.2) is 0 Å². The molecule has 0 atom stereocenters. The van der Waals surface area contributed by atoms with E-state index in [9.17, 15) is 0 Å². The summed E-state index contributed by atoms with van der Waals surface area (Å²) in [5, 5.41) is 0. The van der Waals surface area contributed by atoms with Crippen LogP contribution in [0.15, 0.2) is 91.8 Å². The Morgan fingerprint density at radius 3 is 1.74 bits per heavy atom. The number of allylic oxidation sites excluding steroid dienone is 9. The van der Waals surface area contributed by atoms with Gasteiger partial charge in [-0.1, -0.05) is 88.3 Å². The molecule has 0 aromatic carbocycles. The van der Waals surface area contributed by atoms with Crippen LogP contribution < -0.4 is 0 Å². The summed E-state index contributed by atoms with van der Waals surface area (Å²) >= 11 is 0. The van der Waals surface area contributed by atoms with Crippen LogP contribution in [-0.4, -0.2) is 0 Å². The quantitative estimate of drug-likeness (QED) is 0.397.